The third kappa shape index (κ3) is 6.20. The van der Waals surface area contributed by atoms with Gasteiger partial charge in [0.2, 0.25) is 5.91 Å². The van der Waals surface area contributed by atoms with Crippen LogP contribution in [0.1, 0.15) is 55.6 Å². The molecule has 1 fully saturated rings. The molecule has 0 bridgehead atoms. The second kappa shape index (κ2) is 10.2. The zero-order valence-corrected chi connectivity index (χ0v) is 20.3. The van der Waals surface area contributed by atoms with Crippen LogP contribution in [0.5, 0.6) is 0 Å². The van der Waals surface area contributed by atoms with Gasteiger partial charge in [-0.3, -0.25) is 9.59 Å². The quantitative estimate of drug-likeness (QED) is 0.515. The molecular weight excluding hydrogens is 444 g/mol. The normalized spacial score (nSPS) is 15.5. The van der Waals surface area contributed by atoms with E-state index in [2.05, 4.69) is 15.6 Å². The summed E-state index contributed by atoms with van der Waals surface area (Å²) in [5.41, 5.74) is 1.48. The fourth-order valence-electron chi connectivity index (χ4n) is 4.17. The van der Waals surface area contributed by atoms with Crippen molar-refractivity contribution >= 4 is 28.8 Å². The van der Waals surface area contributed by atoms with Crippen LogP contribution >= 0.6 is 0 Å². The predicted octanol–water partition coefficient (Wildman–Crippen LogP) is 4.15. The average molecular weight is 477 g/mol. The molecule has 8 nitrogen and oxygen atoms in total. The van der Waals surface area contributed by atoms with Gasteiger partial charge in [-0.05, 0) is 62.8 Å². The number of rotatable bonds is 5. The van der Waals surface area contributed by atoms with Crippen LogP contribution in [0.3, 0.4) is 0 Å². The lowest BCUT2D eigenvalue weighted by Crippen LogP contribution is -2.50. The lowest BCUT2D eigenvalue weighted by molar-refractivity contribution is -0.124. The number of carbonyl (C=O) groups excluding carboxylic acids is 3. The Balaban J connectivity index is 1.41. The zero-order valence-electron chi connectivity index (χ0n) is 20.3. The maximum Gasteiger partial charge on any atom is 0.410 e. The van der Waals surface area contributed by atoms with E-state index in [-0.39, 0.29) is 23.9 Å². The highest BCUT2D eigenvalue weighted by Crippen LogP contribution is 2.20. The SMILES string of the molecule is CC(C)(C)OC(=O)N1CCC(NC(=O)[C@H](NC(=O)c2ccc3cc[nH]c3c2)c2ccccc2)CC1. The fourth-order valence-corrected chi connectivity index (χ4v) is 4.17. The van der Waals surface area contributed by atoms with Crippen molar-refractivity contribution in [2.75, 3.05) is 13.1 Å². The number of H-pyrrole nitrogens is 1. The number of aromatic amines is 1. The van der Waals surface area contributed by atoms with E-state index in [4.69, 9.17) is 4.74 Å². The third-order valence-electron chi connectivity index (χ3n) is 5.98. The van der Waals surface area contributed by atoms with Gasteiger partial charge in [-0.1, -0.05) is 36.4 Å². The first-order valence-electron chi connectivity index (χ1n) is 11.9. The second-order valence-electron chi connectivity index (χ2n) is 9.85. The summed E-state index contributed by atoms with van der Waals surface area (Å²) in [7, 11) is 0. The minimum Gasteiger partial charge on any atom is -0.444 e. The van der Waals surface area contributed by atoms with Crippen LogP contribution in [0, 0.1) is 0 Å². The molecule has 184 valence electrons. The Hall–Kier alpha value is -3.81. The van der Waals surface area contributed by atoms with Gasteiger partial charge >= 0.3 is 6.09 Å². The standard InChI is InChI=1S/C27H32N4O4/c1-27(2,3)35-26(34)31-15-12-21(13-16-31)29-25(33)23(19-7-5-4-6-8-19)30-24(32)20-10-9-18-11-14-28-22(18)17-20/h4-11,14,17,21,23,28H,12-13,15-16H2,1-3H3,(H,29,33)(H,30,32)/t23-/m1/s1. The first-order valence-corrected chi connectivity index (χ1v) is 11.9. The van der Waals surface area contributed by atoms with E-state index in [0.717, 1.165) is 10.9 Å². The number of aromatic nitrogens is 1. The smallest absolute Gasteiger partial charge is 0.410 e. The van der Waals surface area contributed by atoms with Crippen molar-refractivity contribution in [3.8, 4) is 0 Å². The Morgan fingerprint density at radius 2 is 1.74 bits per heavy atom. The average Bonchev–Trinajstić information content (AvgIpc) is 3.30. The van der Waals surface area contributed by atoms with Crippen LogP contribution in [0.15, 0.2) is 60.8 Å². The highest BCUT2D eigenvalue weighted by molar-refractivity contribution is 6.00. The molecule has 0 saturated carbocycles. The molecule has 2 heterocycles. The Morgan fingerprint density at radius 1 is 1.03 bits per heavy atom. The highest BCUT2D eigenvalue weighted by Gasteiger charge is 2.30. The van der Waals surface area contributed by atoms with Crippen LogP contribution < -0.4 is 10.6 Å². The molecule has 2 aromatic carbocycles. The van der Waals surface area contributed by atoms with E-state index in [1.54, 1.807) is 17.0 Å². The molecule has 1 atom stereocenters. The number of carbonyl (C=O) groups is 3. The number of amides is 3. The zero-order chi connectivity index (χ0) is 25.0. The second-order valence-corrected chi connectivity index (χ2v) is 9.85. The molecule has 0 aliphatic carbocycles. The largest absolute Gasteiger partial charge is 0.444 e. The summed E-state index contributed by atoms with van der Waals surface area (Å²) < 4.78 is 5.45. The molecule has 4 rings (SSSR count). The van der Waals surface area contributed by atoms with E-state index in [1.165, 1.54) is 0 Å². The molecule has 0 radical (unpaired) electrons. The molecule has 0 unspecified atom stereocenters. The molecule has 35 heavy (non-hydrogen) atoms. The van der Waals surface area contributed by atoms with Crippen molar-refractivity contribution in [3.63, 3.8) is 0 Å². The Bertz CT molecular complexity index is 1190. The Labute approximate surface area is 205 Å². The molecular formula is C27H32N4O4. The predicted molar refractivity (Wildman–Crippen MR) is 134 cm³/mol. The number of piperidine rings is 1. The van der Waals surface area contributed by atoms with Crippen LogP contribution in [0.4, 0.5) is 4.79 Å². The number of hydrogen-bond acceptors (Lipinski definition) is 4. The maximum absolute atomic E-state index is 13.3. The summed E-state index contributed by atoms with van der Waals surface area (Å²) in [4.78, 5) is 43.5. The number of hydrogen-bond donors (Lipinski definition) is 3. The molecule has 3 N–H and O–H groups in total. The molecule has 1 aromatic heterocycles. The topological polar surface area (TPSA) is 104 Å². The van der Waals surface area contributed by atoms with Gasteiger partial charge in [0.1, 0.15) is 11.6 Å². The van der Waals surface area contributed by atoms with Crippen molar-refractivity contribution in [2.24, 2.45) is 0 Å². The summed E-state index contributed by atoms with van der Waals surface area (Å²) in [5.74, 6) is -0.605. The minimum atomic E-state index is -0.841. The van der Waals surface area contributed by atoms with Crippen molar-refractivity contribution in [1.82, 2.24) is 20.5 Å². The molecule has 3 aromatic rings. The molecule has 0 spiro atoms. The lowest BCUT2D eigenvalue weighted by atomic mass is 10.0. The summed E-state index contributed by atoms with van der Waals surface area (Å²) in [5, 5.41) is 6.98. The van der Waals surface area contributed by atoms with E-state index in [9.17, 15) is 14.4 Å². The van der Waals surface area contributed by atoms with Gasteiger partial charge in [-0.25, -0.2) is 4.79 Å². The number of nitrogens with zero attached hydrogens (tertiary/aromatic N) is 1. The monoisotopic (exact) mass is 476 g/mol. The molecule has 1 aliphatic heterocycles. The highest BCUT2D eigenvalue weighted by atomic mass is 16.6. The fraction of sp³-hybridized carbons (Fsp3) is 0.370. The summed E-state index contributed by atoms with van der Waals surface area (Å²) >= 11 is 0. The minimum absolute atomic E-state index is 0.0976. The molecule has 3 amide bonds. The van der Waals surface area contributed by atoms with Crippen molar-refractivity contribution in [2.45, 2.75) is 51.3 Å². The van der Waals surface area contributed by atoms with Gasteiger partial charge in [-0.2, -0.15) is 0 Å². The summed E-state index contributed by atoms with van der Waals surface area (Å²) in [6.07, 6.45) is 2.71. The van der Waals surface area contributed by atoms with Crippen molar-refractivity contribution < 1.29 is 19.1 Å². The number of nitrogens with one attached hydrogen (secondary N) is 3. The van der Waals surface area contributed by atoms with Crippen molar-refractivity contribution in [1.29, 1.82) is 0 Å². The van der Waals surface area contributed by atoms with Crippen LogP contribution in [-0.2, 0) is 9.53 Å². The first-order chi connectivity index (χ1) is 16.7. The van der Waals surface area contributed by atoms with Gasteiger partial charge in [0.15, 0.2) is 0 Å². The molecule has 8 heteroatoms. The number of benzene rings is 2. The van der Waals surface area contributed by atoms with Gasteiger partial charge in [-0.15, -0.1) is 0 Å². The third-order valence-corrected chi connectivity index (χ3v) is 5.98. The lowest BCUT2D eigenvalue weighted by Gasteiger charge is -2.34. The first kappa shape index (κ1) is 24.3. The number of ether oxygens (including phenoxy) is 1. The van der Waals surface area contributed by atoms with Crippen molar-refractivity contribution in [3.05, 3.63) is 71.9 Å². The summed E-state index contributed by atoms with van der Waals surface area (Å²) in [6, 6.07) is 15.6. The van der Waals surface area contributed by atoms with E-state index in [1.807, 2.05) is 69.4 Å². The molecule has 1 saturated heterocycles. The number of likely N-dealkylation sites (tertiary alicyclic amines) is 1. The van der Waals surface area contributed by atoms with Gasteiger partial charge in [0.25, 0.3) is 5.91 Å². The maximum atomic E-state index is 13.3. The summed E-state index contributed by atoms with van der Waals surface area (Å²) in [6.45, 7) is 6.51. The van der Waals surface area contributed by atoms with E-state index < -0.39 is 11.6 Å². The Morgan fingerprint density at radius 3 is 2.43 bits per heavy atom. The van der Waals surface area contributed by atoms with Crippen LogP contribution in [0.25, 0.3) is 10.9 Å². The van der Waals surface area contributed by atoms with Gasteiger partial charge in [0, 0.05) is 36.4 Å². The Kier molecular flexibility index (Phi) is 7.10. The molecule has 1 aliphatic rings. The van der Waals surface area contributed by atoms with Crippen LogP contribution in [0.2, 0.25) is 0 Å². The van der Waals surface area contributed by atoms with Gasteiger partial charge in [0.05, 0.1) is 0 Å². The van der Waals surface area contributed by atoms with Crippen LogP contribution in [-0.4, -0.2) is 52.5 Å². The van der Waals surface area contributed by atoms with E-state index >= 15 is 0 Å². The number of fused-ring (bicyclic) bond motifs is 1. The van der Waals surface area contributed by atoms with Gasteiger partial charge < -0.3 is 25.3 Å². The van der Waals surface area contributed by atoms with E-state index in [0.29, 0.717) is 37.1 Å².